The highest BCUT2D eigenvalue weighted by molar-refractivity contribution is 7.17. The fourth-order valence-electron chi connectivity index (χ4n) is 2.02. The van der Waals surface area contributed by atoms with Gasteiger partial charge in [0.1, 0.15) is 10.8 Å². The molecule has 3 aromatic rings. The Hall–Kier alpha value is -2.80. The van der Waals surface area contributed by atoms with Crippen molar-refractivity contribution in [3.8, 4) is 10.6 Å². The molecule has 1 aromatic carbocycles. The zero-order chi connectivity index (χ0) is 16.2. The van der Waals surface area contributed by atoms with Gasteiger partial charge >= 0.3 is 5.97 Å². The smallest absolute Gasteiger partial charge is 0.349 e. The van der Waals surface area contributed by atoms with Crippen LogP contribution >= 0.6 is 11.3 Å². The minimum absolute atomic E-state index is 0.0909. The Kier molecular flexibility index (Phi) is 4.29. The van der Waals surface area contributed by atoms with Crippen LogP contribution in [0.15, 0.2) is 48.8 Å². The summed E-state index contributed by atoms with van der Waals surface area (Å²) in [5.74, 6) is -1.19. The van der Waals surface area contributed by atoms with Crippen LogP contribution in [0.5, 0.6) is 0 Å². The van der Waals surface area contributed by atoms with E-state index in [4.69, 9.17) is 0 Å². The average Bonchev–Trinajstić information content (AvgIpc) is 2.98. The molecule has 2 aromatic heterocycles. The van der Waals surface area contributed by atoms with Crippen LogP contribution in [0.4, 0.5) is 10.2 Å². The van der Waals surface area contributed by atoms with E-state index in [1.165, 1.54) is 12.1 Å². The zero-order valence-corrected chi connectivity index (χ0v) is 12.7. The first-order valence-corrected chi connectivity index (χ1v) is 7.58. The van der Waals surface area contributed by atoms with E-state index in [0.29, 0.717) is 17.1 Å². The van der Waals surface area contributed by atoms with E-state index in [0.717, 1.165) is 16.9 Å². The lowest BCUT2D eigenvalue weighted by Gasteiger charge is -2.03. The Labute approximate surface area is 135 Å². The molecule has 0 unspecified atom stereocenters. The number of aromatic carboxylic acids is 1. The molecule has 0 aliphatic carbocycles. The first kappa shape index (κ1) is 15.1. The van der Waals surface area contributed by atoms with E-state index in [-0.39, 0.29) is 16.5 Å². The maximum Gasteiger partial charge on any atom is 0.349 e. The molecule has 2 heterocycles. The molecule has 0 fully saturated rings. The Morgan fingerprint density at radius 1 is 1.30 bits per heavy atom. The number of aromatic nitrogens is 2. The van der Waals surface area contributed by atoms with Gasteiger partial charge in [-0.3, -0.25) is 4.98 Å². The van der Waals surface area contributed by atoms with E-state index >= 15 is 0 Å². The van der Waals surface area contributed by atoms with Crippen molar-refractivity contribution in [1.82, 2.24) is 9.97 Å². The summed E-state index contributed by atoms with van der Waals surface area (Å²) in [7, 11) is 0. The second kappa shape index (κ2) is 6.53. The van der Waals surface area contributed by atoms with Crippen LogP contribution < -0.4 is 5.32 Å². The van der Waals surface area contributed by atoms with Crippen molar-refractivity contribution in [3.63, 3.8) is 0 Å². The first-order valence-electron chi connectivity index (χ1n) is 6.76. The summed E-state index contributed by atoms with van der Waals surface area (Å²) in [5, 5.41) is 12.8. The number of rotatable bonds is 5. The molecule has 0 saturated heterocycles. The molecule has 0 radical (unpaired) electrons. The number of carbonyl (C=O) groups is 1. The quantitative estimate of drug-likeness (QED) is 0.747. The van der Waals surface area contributed by atoms with E-state index in [2.05, 4.69) is 15.3 Å². The molecule has 0 bridgehead atoms. The largest absolute Gasteiger partial charge is 0.477 e. The molecule has 0 saturated carbocycles. The summed E-state index contributed by atoms with van der Waals surface area (Å²) in [5.41, 5.74) is 1.45. The number of anilines is 1. The maximum absolute atomic E-state index is 13.3. The summed E-state index contributed by atoms with van der Waals surface area (Å²) in [4.78, 5) is 19.8. The highest BCUT2D eigenvalue weighted by Crippen LogP contribution is 2.31. The van der Waals surface area contributed by atoms with E-state index in [9.17, 15) is 14.3 Å². The summed E-state index contributed by atoms with van der Waals surface area (Å²) < 4.78 is 13.3. The van der Waals surface area contributed by atoms with Crippen molar-refractivity contribution < 1.29 is 14.3 Å². The van der Waals surface area contributed by atoms with Gasteiger partial charge < -0.3 is 10.4 Å². The van der Waals surface area contributed by atoms with Crippen molar-refractivity contribution in [2.75, 3.05) is 5.32 Å². The number of carboxylic acid groups (broad SMARTS) is 1. The SMILES string of the molecule is O=C(O)c1sc(-c2cccc(F)c2)nc1NCc1cccnc1. The molecule has 5 nitrogen and oxygen atoms in total. The van der Waals surface area contributed by atoms with Gasteiger partial charge in [-0.15, -0.1) is 11.3 Å². The minimum atomic E-state index is -1.07. The minimum Gasteiger partial charge on any atom is -0.477 e. The van der Waals surface area contributed by atoms with E-state index < -0.39 is 5.97 Å². The lowest BCUT2D eigenvalue weighted by Crippen LogP contribution is -2.04. The van der Waals surface area contributed by atoms with Crippen molar-refractivity contribution in [1.29, 1.82) is 0 Å². The molecule has 7 heteroatoms. The van der Waals surface area contributed by atoms with Gasteiger partial charge in [-0.05, 0) is 23.8 Å². The van der Waals surface area contributed by atoms with Gasteiger partial charge in [-0.1, -0.05) is 18.2 Å². The standard InChI is InChI=1S/C16H12FN3O2S/c17-12-5-1-4-11(7-12)15-20-14(13(23-15)16(21)22)19-9-10-3-2-6-18-8-10/h1-8,19H,9H2,(H,21,22). The van der Waals surface area contributed by atoms with Crippen LogP contribution in [-0.2, 0) is 6.54 Å². The molecular formula is C16H12FN3O2S. The molecule has 0 spiro atoms. The third-order valence-corrected chi connectivity index (χ3v) is 4.17. The number of thiazole rings is 1. The van der Waals surface area contributed by atoms with Crippen molar-refractivity contribution in [2.45, 2.75) is 6.54 Å². The summed E-state index contributed by atoms with van der Waals surface area (Å²) in [6.07, 6.45) is 3.35. The monoisotopic (exact) mass is 329 g/mol. The van der Waals surface area contributed by atoms with Gasteiger partial charge in [0.25, 0.3) is 0 Å². The molecular weight excluding hydrogens is 317 g/mol. The number of pyridine rings is 1. The number of hydrogen-bond acceptors (Lipinski definition) is 5. The zero-order valence-electron chi connectivity index (χ0n) is 11.9. The topological polar surface area (TPSA) is 75.1 Å². The molecule has 0 aliphatic heterocycles. The van der Waals surface area contributed by atoms with Gasteiger partial charge in [0.2, 0.25) is 0 Å². The maximum atomic E-state index is 13.3. The number of hydrogen-bond donors (Lipinski definition) is 2. The fraction of sp³-hybridized carbons (Fsp3) is 0.0625. The van der Waals surface area contributed by atoms with Crippen molar-refractivity contribution >= 4 is 23.1 Å². The van der Waals surface area contributed by atoms with Gasteiger partial charge in [-0.25, -0.2) is 14.2 Å². The van der Waals surface area contributed by atoms with Gasteiger partial charge in [0, 0.05) is 24.5 Å². The predicted octanol–water partition coefficient (Wildman–Crippen LogP) is 3.65. The lowest BCUT2D eigenvalue weighted by atomic mass is 10.2. The van der Waals surface area contributed by atoms with Crippen LogP contribution in [-0.4, -0.2) is 21.0 Å². The van der Waals surface area contributed by atoms with E-state index in [1.807, 2.05) is 6.07 Å². The summed E-state index contributed by atoms with van der Waals surface area (Å²) in [6, 6.07) is 9.59. The van der Waals surface area contributed by atoms with Crippen LogP contribution in [0.1, 0.15) is 15.2 Å². The molecule has 0 atom stereocenters. The summed E-state index contributed by atoms with van der Waals surface area (Å²) in [6.45, 7) is 0.403. The number of carboxylic acids is 1. The van der Waals surface area contributed by atoms with Gasteiger partial charge in [0.15, 0.2) is 10.7 Å². The first-order chi connectivity index (χ1) is 11.1. The third-order valence-electron chi connectivity index (χ3n) is 3.08. The second-order valence-corrected chi connectivity index (χ2v) is 5.73. The number of nitrogens with zero attached hydrogens (tertiary/aromatic N) is 2. The highest BCUT2D eigenvalue weighted by atomic mass is 32.1. The van der Waals surface area contributed by atoms with Crippen LogP contribution in [0.2, 0.25) is 0 Å². The molecule has 0 amide bonds. The Balaban J connectivity index is 1.88. The van der Waals surface area contributed by atoms with Crippen molar-refractivity contribution in [3.05, 3.63) is 65.0 Å². The van der Waals surface area contributed by atoms with Gasteiger partial charge in [0.05, 0.1) is 0 Å². The number of halogens is 1. The predicted molar refractivity (Wildman–Crippen MR) is 86.0 cm³/mol. The molecule has 116 valence electrons. The Morgan fingerprint density at radius 2 is 2.17 bits per heavy atom. The third kappa shape index (κ3) is 3.51. The number of nitrogens with one attached hydrogen (secondary N) is 1. The molecule has 23 heavy (non-hydrogen) atoms. The Morgan fingerprint density at radius 3 is 2.87 bits per heavy atom. The van der Waals surface area contributed by atoms with Crippen LogP contribution in [0.3, 0.4) is 0 Å². The second-order valence-electron chi connectivity index (χ2n) is 4.73. The molecule has 2 N–H and O–H groups in total. The molecule has 0 aliphatic rings. The van der Waals surface area contributed by atoms with Gasteiger partial charge in [-0.2, -0.15) is 0 Å². The lowest BCUT2D eigenvalue weighted by molar-refractivity contribution is 0.0703. The number of benzene rings is 1. The van der Waals surface area contributed by atoms with Crippen LogP contribution in [0, 0.1) is 5.82 Å². The fourth-order valence-corrected chi connectivity index (χ4v) is 2.90. The normalized spacial score (nSPS) is 10.5. The Bertz CT molecular complexity index is 836. The van der Waals surface area contributed by atoms with E-state index in [1.54, 1.807) is 30.6 Å². The van der Waals surface area contributed by atoms with Crippen LogP contribution in [0.25, 0.3) is 10.6 Å². The average molecular weight is 329 g/mol. The highest BCUT2D eigenvalue weighted by Gasteiger charge is 2.18. The summed E-state index contributed by atoms with van der Waals surface area (Å²) >= 11 is 1.01. The van der Waals surface area contributed by atoms with Crippen molar-refractivity contribution in [2.24, 2.45) is 0 Å². The molecule has 3 rings (SSSR count).